The Kier molecular flexibility index (Phi) is 1.22. The van der Waals surface area contributed by atoms with Crippen LogP contribution >= 0.6 is 0 Å². The molecule has 2 rings (SSSR count). The van der Waals surface area contributed by atoms with E-state index in [4.69, 9.17) is 5.11 Å². The zero-order chi connectivity index (χ0) is 6.27. The highest BCUT2D eigenvalue weighted by molar-refractivity contribution is 4.93. The van der Waals surface area contributed by atoms with Crippen LogP contribution in [-0.4, -0.2) is 30.5 Å². The molecule has 2 aliphatic heterocycles. The lowest BCUT2D eigenvalue weighted by molar-refractivity contribution is 0.0332. The van der Waals surface area contributed by atoms with Crippen molar-refractivity contribution >= 4 is 0 Å². The standard InChI is InChI=1S/C6H12N2O/c9-6-1-4-2-7-5(4)3-8-6/h4-9H,1-3H2. The third-order valence-corrected chi connectivity index (χ3v) is 2.31. The molecule has 3 N–H and O–H groups in total. The van der Waals surface area contributed by atoms with Gasteiger partial charge in [0.25, 0.3) is 0 Å². The topological polar surface area (TPSA) is 44.3 Å². The van der Waals surface area contributed by atoms with E-state index >= 15 is 0 Å². The van der Waals surface area contributed by atoms with Gasteiger partial charge in [0.05, 0.1) is 0 Å². The smallest absolute Gasteiger partial charge is 0.105 e. The van der Waals surface area contributed by atoms with Crippen LogP contribution in [-0.2, 0) is 0 Å². The zero-order valence-electron chi connectivity index (χ0n) is 5.30. The monoisotopic (exact) mass is 128 g/mol. The van der Waals surface area contributed by atoms with E-state index in [1.807, 2.05) is 0 Å². The van der Waals surface area contributed by atoms with Crippen LogP contribution in [0.3, 0.4) is 0 Å². The Bertz CT molecular complexity index is 118. The molecule has 0 bridgehead atoms. The van der Waals surface area contributed by atoms with Crippen LogP contribution in [0, 0.1) is 5.92 Å². The Morgan fingerprint density at radius 2 is 2.11 bits per heavy atom. The molecular weight excluding hydrogens is 116 g/mol. The highest BCUT2D eigenvalue weighted by atomic mass is 16.3. The number of piperidine rings is 1. The van der Waals surface area contributed by atoms with Crippen LogP contribution < -0.4 is 10.6 Å². The van der Waals surface area contributed by atoms with Crippen molar-refractivity contribution in [2.75, 3.05) is 13.1 Å². The fourth-order valence-corrected chi connectivity index (χ4v) is 1.57. The van der Waals surface area contributed by atoms with Crippen LogP contribution in [0.15, 0.2) is 0 Å². The van der Waals surface area contributed by atoms with Gasteiger partial charge in [-0.25, -0.2) is 0 Å². The van der Waals surface area contributed by atoms with Crippen molar-refractivity contribution in [1.29, 1.82) is 0 Å². The summed E-state index contributed by atoms with van der Waals surface area (Å²) in [6.45, 7) is 2.04. The lowest BCUT2D eigenvalue weighted by atomic mass is 9.85. The summed E-state index contributed by atoms with van der Waals surface area (Å²) in [4.78, 5) is 0. The first-order valence-corrected chi connectivity index (χ1v) is 3.51. The summed E-state index contributed by atoms with van der Waals surface area (Å²) in [6, 6.07) is 0.647. The predicted octanol–water partition coefficient (Wildman–Crippen LogP) is -1.11. The minimum absolute atomic E-state index is 0.242. The van der Waals surface area contributed by atoms with Gasteiger partial charge < -0.3 is 10.4 Å². The van der Waals surface area contributed by atoms with E-state index in [9.17, 15) is 0 Å². The van der Waals surface area contributed by atoms with Crippen molar-refractivity contribution in [1.82, 2.24) is 10.6 Å². The quantitative estimate of drug-likeness (QED) is 0.387. The maximum atomic E-state index is 9.09. The Morgan fingerprint density at radius 1 is 1.22 bits per heavy atom. The summed E-state index contributed by atoms with van der Waals surface area (Å²) in [6.07, 6.45) is 0.686. The minimum atomic E-state index is -0.242. The molecule has 2 heterocycles. The van der Waals surface area contributed by atoms with Crippen LogP contribution in [0.1, 0.15) is 6.42 Å². The second-order valence-corrected chi connectivity index (χ2v) is 2.93. The van der Waals surface area contributed by atoms with Crippen molar-refractivity contribution in [3.05, 3.63) is 0 Å². The van der Waals surface area contributed by atoms with Crippen molar-refractivity contribution in [3.8, 4) is 0 Å². The second kappa shape index (κ2) is 1.94. The molecule has 0 aliphatic carbocycles. The molecule has 3 unspecified atom stereocenters. The van der Waals surface area contributed by atoms with Gasteiger partial charge in [-0.15, -0.1) is 0 Å². The fourth-order valence-electron chi connectivity index (χ4n) is 1.57. The molecule has 2 fully saturated rings. The molecule has 2 saturated heterocycles. The van der Waals surface area contributed by atoms with E-state index in [0.717, 1.165) is 25.4 Å². The average Bonchev–Trinajstić information content (AvgIpc) is 1.78. The molecule has 2 aliphatic rings. The third kappa shape index (κ3) is 0.852. The summed E-state index contributed by atoms with van der Waals surface area (Å²) in [5.74, 6) is 0.737. The zero-order valence-corrected chi connectivity index (χ0v) is 5.30. The molecule has 0 spiro atoms. The summed E-state index contributed by atoms with van der Waals surface area (Å²) in [5, 5.41) is 15.4. The Labute approximate surface area is 54.4 Å². The normalized spacial score (nSPS) is 49.7. The van der Waals surface area contributed by atoms with Crippen molar-refractivity contribution in [3.63, 3.8) is 0 Å². The Balaban J connectivity index is 1.92. The number of rotatable bonds is 0. The number of fused-ring (bicyclic) bond motifs is 1. The van der Waals surface area contributed by atoms with Gasteiger partial charge in [-0.05, 0) is 18.9 Å². The number of aliphatic hydroxyl groups excluding tert-OH is 1. The number of hydrogen-bond donors (Lipinski definition) is 3. The van der Waals surface area contributed by atoms with E-state index in [-0.39, 0.29) is 6.23 Å². The third-order valence-electron chi connectivity index (χ3n) is 2.31. The van der Waals surface area contributed by atoms with Crippen LogP contribution in [0.2, 0.25) is 0 Å². The van der Waals surface area contributed by atoms with Crippen LogP contribution in [0.4, 0.5) is 0 Å². The van der Waals surface area contributed by atoms with Crippen molar-refractivity contribution in [2.24, 2.45) is 5.92 Å². The van der Waals surface area contributed by atoms with Gasteiger partial charge in [0, 0.05) is 12.6 Å². The van der Waals surface area contributed by atoms with Gasteiger partial charge >= 0.3 is 0 Å². The van der Waals surface area contributed by atoms with Gasteiger partial charge in [-0.2, -0.15) is 0 Å². The summed E-state index contributed by atoms with van der Waals surface area (Å²) >= 11 is 0. The lowest BCUT2D eigenvalue weighted by Gasteiger charge is -2.43. The van der Waals surface area contributed by atoms with Gasteiger partial charge in [0.2, 0.25) is 0 Å². The van der Waals surface area contributed by atoms with Gasteiger partial charge in [-0.1, -0.05) is 0 Å². The molecule has 0 aromatic rings. The molecule has 0 amide bonds. The first kappa shape index (κ1) is 5.65. The molecule has 0 aromatic carbocycles. The molecular formula is C6H12N2O. The fraction of sp³-hybridized carbons (Fsp3) is 1.00. The molecule has 0 aromatic heterocycles. The highest BCUT2D eigenvalue weighted by Crippen LogP contribution is 2.21. The van der Waals surface area contributed by atoms with Crippen molar-refractivity contribution in [2.45, 2.75) is 18.7 Å². The van der Waals surface area contributed by atoms with Gasteiger partial charge in [0.1, 0.15) is 6.23 Å². The molecule has 0 radical (unpaired) electrons. The first-order valence-electron chi connectivity index (χ1n) is 3.51. The first-order chi connectivity index (χ1) is 4.36. The molecule has 52 valence electrons. The number of hydrogen-bond acceptors (Lipinski definition) is 3. The largest absolute Gasteiger partial charge is 0.379 e. The Hall–Kier alpha value is -0.120. The molecule has 9 heavy (non-hydrogen) atoms. The molecule has 3 atom stereocenters. The maximum Gasteiger partial charge on any atom is 0.105 e. The van der Waals surface area contributed by atoms with Crippen LogP contribution in [0.25, 0.3) is 0 Å². The van der Waals surface area contributed by atoms with Crippen LogP contribution in [0.5, 0.6) is 0 Å². The Morgan fingerprint density at radius 3 is 2.56 bits per heavy atom. The van der Waals surface area contributed by atoms with Crippen molar-refractivity contribution < 1.29 is 5.11 Å². The van der Waals surface area contributed by atoms with Gasteiger partial charge in [-0.3, -0.25) is 5.32 Å². The molecule has 3 nitrogen and oxygen atoms in total. The summed E-state index contributed by atoms with van der Waals surface area (Å²) in [5.41, 5.74) is 0. The summed E-state index contributed by atoms with van der Waals surface area (Å²) < 4.78 is 0. The van der Waals surface area contributed by atoms with E-state index < -0.39 is 0 Å². The number of nitrogens with one attached hydrogen (secondary N) is 2. The van der Waals surface area contributed by atoms with E-state index in [1.54, 1.807) is 0 Å². The maximum absolute atomic E-state index is 9.09. The molecule has 0 saturated carbocycles. The lowest BCUT2D eigenvalue weighted by Crippen LogP contribution is -2.63. The average molecular weight is 128 g/mol. The summed E-state index contributed by atoms with van der Waals surface area (Å²) in [7, 11) is 0. The second-order valence-electron chi connectivity index (χ2n) is 2.93. The number of aliphatic hydroxyl groups is 1. The van der Waals surface area contributed by atoms with E-state index in [1.165, 1.54) is 0 Å². The van der Waals surface area contributed by atoms with Gasteiger partial charge in [0.15, 0.2) is 0 Å². The molecule has 3 heteroatoms. The SMILES string of the molecule is OC1CC2CNC2CN1. The highest BCUT2D eigenvalue weighted by Gasteiger charge is 2.35. The predicted molar refractivity (Wildman–Crippen MR) is 33.9 cm³/mol. The van der Waals surface area contributed by atoms with E-state index in [0.29, 0.717) is 6.04 Å². The van der Waals surface area contributed by atoms with E-state index in [2.05, 4.69) is 10.6 Å². The minimum Gasteiger partial charge on any atom is -0.379 e.